The number of hydrogen-bond acceptors (Lipinski definition) is 1. The van der Waals surface area contributed by atoms with Crippen LogP contribution in [0.2, 0.25) is 0 Å². The van der Waals surface area contributed by atoms with E-state index in [0.29, 0.717) is 18.2 Å². The number of rotatable bonds is 3. The standard InChI is InChI=1S/C7H7Cl2NO/c8-1-6-3-10(5-11)4-7(6)2-9/h3-5H,1-2H2. The van der Waals surface area contributed by atoms with Crippen molar-refractivity contribution in [2.75, 3.05) is 0 Å². The van der Waals surface area contributed by atoms with Crippen LogP contribution in [0.15, 0.2) is 12.4 Å². The summed E-state index contributed by atoms with van der Waals surface area (Å²) in [5.74, 6) is 0.784. The summed E-state index contributed by atoms with van der Waals surface area (Å²) in [6, 6.07) is 0. The second kappa shape index (κ2) is 3.79. The van der Waals surface area contributed by atoms with Gasteiger partial charge < -0.3 is 0 Å². The quantitative estimate of drug-likeness (QED) is 0.530. The zero-order chi connectivity index (χ0) is 8.27. The van der Waals surface area contributed by atoms with Crippen LogP contribution in [0.25, 0.3) is 0 Å². The molecule has 4 heteroatoms. The van der Waals surface area contributed by atoms with Gasteiger partial charge in [0.1, 0.15) is 0 Å². The molecule has 0 aromatic carbocycles. The van der Waals surface area contributed by atoms with Gasteiger partial charge in [0.15, 0.2) is 0 Å². The molecule has 0 saturated carbocycles. The fourth-order valence-electron chi connectivity index (χ4n) is 0.864. The number of halogens is 2. The van der Waals surface area contributed by atoms with Crippen molar-refractivity contribution < 1.29 is 4.79 Å². The Morgan fingerprint density at radius 3 is 2.00 bits per heavy atom. The molecule has 2 nitrogen and oxygen atoms in total. The second-order valence-electron chi connectivity index (χ2n) is 2.13. The van der Waals surface area contributed by atoms with Crippen LogP contribution in [-0.4, -0.2) is 11.0 Å². The van der Waals surface area contributed by atoms with Gasteiger partial charge in [-0.25, -0.2) is 0 Å². The van der Waals surface area contributed by atoms with Crippen molar-refractivity contribution in [1.82, 2.24) is 4.57 Å². The lowest BCUT2D eigenvalue weighted by molar-refractivity contribution is 0.547. The number of carbonyl (C=O) groups is 1. The molecule has 0 radical (unpaired) electrons. The third-order valence-corrected chi connectivity index (χ3v) is 2.01. The molecule has 1 rings (SSSR count). The SMILES string of the molecule is O=Cn1cc(CCl)c(CCl)c1. The van der Waals surface area contributed by atoms with Crippen LogP contribution in [-0.2, 0) is 16.6 Å². The minimum Gasteiger partial charge on any atom is -0.297 e. The van der Waals surface area contributed by atoms with Crippen LogP contribution < -0.4 is 0 Å². The number of carbonyl (C=O) groups excluding carboxylic acids is 1. The summed E-state index contributed by atoms with van der Waals surface area (Å²) in [7, 11) is 0. The average molecular weight is 192 g/mol. The van der Waals surface area contributed by atoms with E-state index in [-0.39, 0.29) is 0 Å². The van der Waals surface area contributed by atoms with Crippen molar-refractivity contribution in [3.63, 3.8) is 0 Å². The fraction of sp³-hybridized carbons (Fsp3) is 0.286. The first-order valence-electron chi connectivity index (χ1n) is 3.08. The molecule has 0 unspecified atom stereocenters. The van der Waals surface area contributed by atoms with Crippen LogP contribution in [0.4, 0.5) is 0 Å². The maximum absolute atomic E-state index is 10.3. The van der Waals surface area contributed by atoms with Crippen molar-refractivity contribution >= 4 is 29.6 Å². The smallest absolute Gasteiger partial charge is 0.217 e. The Hall–Kier alpha value is -0.470. The minimum atomic E-state index is 0.392. The Morgan fingerprint density at radius 1 is 1.27 bits per heavy atom. The molecule has 1 aromatic heterocycles. The summed E-state index contributed by atoms with van der Waals surface area (Å²) < 4.78 is 1.41. The Balaban J connectivity index is 3.01. The lowest BCUT2D eigenvalue weighted by Gasteiger charge is -1.90. The van der Waals surface area contributed by atoms with Crippen LogP contribution >= 0.6 is 23.2 Å². The van der Waals surface area contributed by atoms with E-state index in [4.69, 9.17) is 23.2 Å². The fourth-order valence-corrected chi connectivity index (χ4v) is 1.35. The largest absolute Gasteiger partial charge is 0.297 e. The molecular weight excluding hydrogens is 185 g/mol. The molecule has 0 saturated heterocycles. The van der Waals surface area contributed by atoms with Crippen molar-refractivity contribution in [2.45, 2.75) is 11.8 Å². The molecule has 0 atom stereocenters. The van der Waals surface area contributed by atoms with Gasteiger partial charge in [0.2, 0.25) is 6.41 Å². The molecule has 0 spiro atoms. The van der Waals surface area contributed by atoms with E-state index >= 15 is 0 Å². The Bertz CT molecular complexity index is 235. The summed E-state index contributed by atoms with van der Waals surface area (Å²) in [5.41, 5.74) is 1.82. The third kappa shape index (κ3) is 1.76. The van der Waals surface area contributed by atoms with Crippen LogP contribution in [0.5, 0.6) is 0 Å². The average Bonchev–Trinajstić information content (AvgIpc) is 2.46. The van der Waals surface area contributed by atoms with E-state index in [0.717, 1.165) is 11.1 Å². The van der Waals surface area contributed by atoms with Gasteiger partial charge in [-0.3, -0.25) is 9.36 Å². The maximum Gasteiger partial charge on any atom is 0.217 e. The highest BCUT2D eigenvalue weighted by atomic mass is 35.5. The lowest BCUT2D eigenvalue weighted by atomic mass is 10.2. The van der Waals surface area contributed by atoms with Gasteiger partial charge in [0.05, 0.1) is 0 Å². The summed E-state index contributed by atoms with van der Waals surface area (Å²) in [6.45, 7) is 0. The molecule has 0 fully saturated rings. The first-order valence-corrected chi connectivity index (χ1v) is 4.15. The molecule has 1 heterocycles. The van der Waals surface area contributed by atoms with Crippen LogP contribution in [0, 0.1) is 0 Å². The summed E-state index contributed by atoms with van der Waals surface area (Å²) in [6.07, 6.45) is 4.07. The topological polar surface area (TPSA) is 22.0 Å². The van der Waals surface area contributed by atoms with E-state index < -0.39 is 0 Å². The molecule has 0 aliphatic heterocycles. The van der Waals surface area contributed by atoms with E-state index in [1.54, 1.807) is 12.4 Å². The molecule has 0 bridgehead atoms. The molecule has 11 heavy (non-hydrogen) atoms. The zero-order valence-electron chi connectivity index (χ0n) is 5.76. The number of aromatic nitrogens is 1. The summed E-state index contributed by atoms with van der Waals surface area (Å²) >= 11 is 11.2. The first-order chi connectivity index (χ1) is 5.31. The third-order valence-electron chi connectivity index (χ3n) is 1.43. The van der Waals surface area contributed by atoms with Gasteiger partial charge in [-0.2, -0.15) is 0 Å². The second-order valence-corrected chi connectivity index (χ2v) is 2.66. The molecule has 0 aliphatic carbocycles. The normalized spacial score (nSPS) is 10.0. The van der Waals surface area contributed by atoms with Crippen molar-refractivity contribution in [3.8, 4) is 0 Å². The summed E-state index contributed by atoms with van der Waals surface area (Å²) in [5, 5.41) is 0. The molecule has 60 valence electrons. The first kappa shape index (κ1) is 8.62. The predicted octanol–water partition coefficient (Wildman–Crippen LogP) is 2.00. The molecule has 0 aliphatic rings. The maximum atomic E-state index is 10.3. The summed E-state index contributed by atoms with van der Waals surface area (Å²) in [4.78, 5) is 10.3. The highest BCUT2D eigenvalue weighted by Gasteiger charge is 2.03. The predicted molar refractivity (Wildman–Crippen MR) is 45.7 cm³/mol. The van der Waals surface area contributed by atoms with Gasteiger partial charge in [-0.1, -0.05) is 0 Å². The van der Waals surface area contributed by atoms with Gasteiger partial charge >= 0.3 is 0 Å². The molecule has 1 aromatic rings. The number of alkyl halides is 2. The molecular formula is C7H7Cl2NO. The van der Waals surface area contributed by atoms with Crippen LogP contribution in [0.3, 0.4) is 0 Å². The number of nitrogens with zero attached hydrogens (tertiary/aromatic N) is 1. The van der Waals surface area contributed by atoms with E-state index in [9.17, 15) is 4.79 Å². The Morgan fingerprint density at radius 2 is 1.73 bits per heavy atom. The monoisotopic (exact) mass is 191 g/mol. The van der Waals surface area contributed by atoms with E-state index in [1.165, 1.54) is 4.57 Å². The highest BCUT2D eigenvalue weighted by Crippen LogP contribution is 2.14. The van der Waals surface area contributed by atoms with Crippen LogP contribution in [0.1, 0.15) is 11.1 Å². The number of hydrogen-bond donors (Lipinski definition) is 0. The lowest BCUT2D eigenvalue weighted by Crippen LogP contribution is -1.87. The van der Waals surface area contributed by atoms with Gasteiger partial charge in [-0.05, 0) is 11.1 Å². The Labute approximate surface area is 74.7 Å². The Kier molecular flexibility index (Phi) is 2.97. The highest BCUT2D eigenvalue weighted by molar-refractivity contribution is 6.18. The van der Waals surface area contributed by atoms with Gasteiger partial charge in [-0.15, -0.1) is 23.2 Å². The van der Waals surface area contributed by atoms with E-state index in [1.807, 2.05) is 0 Å². The zero-order valence-corrected chi connectivity index (χ0v) is 7.27. The minimum absolute atomic E-state index is 0.392. The van der Waals surface area contributed by atoms with Crippen molar-refractivity contribution in [2.24, 2.45) is 0 Å². The molecule has 0 N–H and O–H groups in total. The van der Waals surface area contributed by atoms with Gasteiger partial charge in [0.25, 0.3) is 0 Å². The van der Waals surface area contributed by atoms with Crippen molar-refractivity contribution in [3.05, 3.63) is 23.5 Å². The van der Waals surface area contributed by atoms with Crippen molar-refractivity contribution in [1.29, 1.82) is 0 Å². The van der Waals surface area contributed by atoms with Gasteiger partial charge in [0, 0.05) is 24.2 Å². The van der Waals surface area contributed by atoms with E-state index in [2.05, 4.69) is 0 Å². The molecule has 0 amide bonds.